The molecule has 0 aromatic heterocycles. The summed E-state index contributed by atoms with van der Waals surface area (Å²) in [6.45, 7) is 3.01. The lowest BCUT2D eigenvalue weighted by atomic mass is 9.93. The maximum absolute atomic E-state index is 13.0. The van der Waals surface area contributed by atoms with E-state index in [1.165, 1.54) is 11.8 Å². The van der Waals surface area contributed by atoms with Crippen molar-refractivity contribution in [3.05, 3.63) is 35.9 Å². The molecule has 1 amide bonds. The summed E-state index contributed by atoms with van der Waals surface area (Å²) in [5.74, 6) is -4.21. The maximum atomic E-state index is 13.0. The van der Waals surface area contributed by atoms with Gasteiger partial charge in [-0.15, -0.1) is 0 Å². The van der Waals surface area contributed by atoms with E-state index < -0.39 is 41.8 Å². The van der Waals surface area contributed by atoms with Gasteiger partial charge in [-0.2, -0.15) is 0 Å². The van der Waals surface area contributed by atoms with Crippen molar-refractivity contribution in [2.45, 2.75) is 32.4 Å². The number of thioether (sulfide) groups is 1. The Morgan fingerprint density at radius 1 is 1.15 bits per heavy atom. The van der Waals surface area contributed by atoms with Crippen LogP contribution in [-0.2, 0) is 19.2 Å². The Morgan fingerprint density at radius 3 is 2.27 bits per heavy atom. The van der Waals surface area contributed by atoms with Crippen molar-refractivity contribution in [3.63, 3.8) is 0 Å². The number of carbonyl (C=O) groups excluding carboxylic acids is 2. The SMILES string of the molecule is CC(=O)SC[C@@H](C)C(=O)N1[C@H](C(=O)O)C[C@H](C(=O)O)[C@@H]1c1ccccc1. The molecule has 0 unspecified atom stereocenters. The molecule has 0 spiro atoms. The van der Waals surface area contributed by atoms with Crippen molar-refractivity contribution in [2.75, 3.05) is 5.75 Å². The molecule has 1 aliphatic heterocycles. The van der Waals surface area contributed by atoms with Crippen molar-refractivity contribution < 1.29 is 29.4 Å². The Balaban J connectivity index is 2.41. The molecule has 1 aromatic carbocycles. The van der Waals surface area contributed by atoms with Gasteiger partial charge < -0.3 is 15.1 Å². The molecule has 1 aliphatic rings. The lowest BCUT2D eigenvalue weighted by molar-refractivity contribution is -0.151. The topological polar surface area (TPSA) is 112 Å². The van der Waals surface area contributed by atoms with Gasteiger partial charge >= 0.3 is 11.9 Å². The number of amides is 1. The molecule has 140 valence electrons. The van der Waals surface area contributed by atoms with E-state index in [-0.39, 0.29) is 17.3 Å². The van der Waals surface area contributed by atoms with Gasteiger partial charge in [0.1, 0.15) is 6.04 Å². The van der Waals surface area contributed by atoms with Crippen LogP contribution in [0.1, 0.15) is 31.9 Å². The third-order valence-electron chi connectivity index (χ3n) is 4.45. The van der Waals surface area contributed by atoms with Crippen molar-refractivity contribution in [2.24, 2.45) is 11.8 Å². The predicted octanol–water partition coefficient (Wildman–Crippen LogP) is 2.03. The maximum Gasteiger partial charge on any atom is 0.326 e. The molecule has 0 aliphatic carbocycles. The summed E-state index contributed by atoms with van der Waals surface area (Å²) in [6.07, 6.45) is -0.150. The van der Waals surface area contributed by atoms with Gasteiger partial charge in [-0.1, -0.05) is 49.0 Å². The van der Waals surface area contributed by atoms with Gasteiger partial charge in [-0.25, -0.2) is 4.79 Å². The molecule has 1 fully saturated rings. The quantitative estimate of drug-likeness (QED) is 0.778. The van der Waals surface area contributed by atoms with Crippen LogP contribution >= 0.6 is 11.8 Å². The fourth-order valence-electron chi connectivity index (χ4n) is 3.23. The summed E-state index contributed by atoms with van der Waals surface area (Å²) in [5, 5.41) is 19.0. The number of carboxylic acid groups (broad SMARTS) is 2. The minimum atomic E-state index is -1.23. The third kappa shape index (κ3) is 4.24. The van der Waals surface area contributed by atoms with Gasteiger partial charge in [0.15, 0.2) is 5.12 Å². The molecule has 1 aromatic rings. The molecule has 0 radical (unpaired) electrons. The van der Waals surface area contributed by atoms with Crippen LogP contribution in [0.25, 0.3) is 0 Å². The molecule has 0 saturated carbocycles. The van der Waals surface area contributed by atoms with E-state index in [0.717, 1.165) is 11.8 Å². The highest BCUT2D eigenvalue weighted by Crippen LogP contribution is 2.42. The zero-order valence-corrected chi connectivity index (χ0v) is 15.3. The minimum absolute atomic E-state index is 0.135. The average Bonchev–Trinajstić information content (AvgIpc) is 3.00. The van der Waals surface area contributed by atoms with E-state index in [1.807, 2.05) is 0 Å². The van der Waals surface area contributed by atoms with Crippen LogP contribution < -0.4 is 0 Å². The first kappa shape index (κ1) is 20.0. The summed E-state index contributed by atoms with van der Waals surface area (Å²) in [5.41, 5.74) is 0.587. The second kappa shape index (κ2) is 8.35. The normalized spacial score (nSPS) is 23.5. The Kier molecular flexibility index (Phi) is 6.42. The smallest absolute Gasteiger partial charge is 0.326 e. The second-order valence-corrected chi connectivity index (χ2v) is 7.54. The molecule has 26 heavy (non-hydrogen) atoms. The number of benzene rings is 1. The minimum Gasteiger partial charge on any atom is -0.481 e. The van der Waals surface area contributed by atoms with Crippen LogP contribution in [0.4, 0.5) is 0 Å². The fraction of sp³-hybridized carbons (Fsp3) is 0.444. The molecule has 8 heteroatoms. The van der Waals surface area contributed by atoms with E-state index in [9.17, 15) is 29.4 Å². The Hall–Kier alpha value is -2.35. The third-order valence-corrected chi connectivity index (χ3v) is 5.52. The zero-order chi connectivity index (χ0) is 19.4. The van der Waals surface area contributed by atoms with Crippen LogP contribution in [-0.4, -0.2) is 49.9 Å². The highest BCUT2D eigenvalue weighted by atomic mass is 32.2. The molecular formula is C18H21NO6S. The van der Waals surface area contributed by atoms with Crippen LogP contribution in [0.5, 0.6) is 0 Å². The lowest BCUT2D eigenvalue weighted by Gasteiger charge is -2.32. The summed E-state index contributed by atoms with van der Waals surface area (Å²) in [7, 11) is 0. The van der Waals surface area contributed by atoms with E-state index in [0.29, 0.717) is 5.56 Å². The van der Waals surface area contributed by atoms with Crippen molar-refractivity contribution >= 4 is 34.7 Å². The Bertz CT molecular complexity index is 707. The number of hydrogen-bond donors (Lipinski definition) is 2. The van der Waals surface area contributed by atoms with Crippen LogP contribution in [0.3, 0.4) is 0 Å². The van der Waals surface area contributed by atoms with Gasteiger partial charge in [-0.05, 0) is 12.0 Å². The summed E-state index contributed by atoms with van der Waals surface area (Å²) in [4.78, 5) is 48.7. The highest BCUT2D eigenvalue weighted by molar-refractivity contribution is 8.13. The monoisotopic (exact) mass is 379 g/mol. The molecule has 2 rings (SSSR count). The van der Waals surface area contributed by atoms with Gasteiger partial charge in [0.2, 0.25) is 5.91 Å². The number of carboxylic acids is 2. The van der Waals surface area contributed by atoms with Crippen molar-refractivity contribution in [1.29, 1.82) is 0 Å². The molecule has 2 N–H and O–H groups in total. The molecule has 1 heterocycles. The molecular weight excluding hydrogens is 358 g/mol. The largest absolute Gasteiger partial charge is 0.481 e. The van der Waals surface area contributed by atoms with Gasteiger partial charge in [0, 0.05) is 18.6 Å². The lowest BCUT2D eigenvalue weighted by Crippen LogP contribution is -2.45. The van der Waals surface area contributed by atoms with E-state index in [4.69, 9.17) is 0 Å². The first-order valence-corrected chi connectivity index (χ1v) is 9.18. The van der Waals surface area contributed by atoms with Crippen molar-refractivity contribution in [3.8, 4) is 0 Å². The molecule has 4 atom stereocenters. The number of hydrogen-bond acceptors (Lipinski definition) is 5. The molecule has 1 saturated heterocycles. The van der Waals surface area contributed by atoms with E-state index >= 15 is 0 Å². The van der Waals surface area contributed by atoms with Gasteiger partial charge in [-0.3, -0.25) is 14.4 Å². The standard InChI is InChI=1S/C18H21NO6S/c1-10(9-26-11(2)20)16(21)19-14(18(24)25)8-13(17(22)23)15(19)12-6-4-3-5-7-12/h3-7,10,13-15H,8-9H2,1-2H3,(H,22,23)(H,24,25)/t10-,13+,14+,15+/m1/s1. The number of nitrogens with zero attached hydrogens (tertiary/aromatic N) is 1. The summed E-state index contributed by atoms with van der Waals surface area (Å²) < 4.78 is 0. The Morgan fingerprint density at radius 2 is 1.77 bits per heavy atom. The predicted molar refractivity (Wildman–Crippen MR) is 95.5 cm³/mol. The van der Waals surface area contributed by atoms with Crippen LogP contribution in [0.2, 0.25) is 0 Å². The molecule has 7 nitrogen and oxygen atoms in total. The van der Waals surface area contributed by atoms with E-state index in [2.05, 4.69) is 0 Å². The van der Waals surface area contributed by atoms with E-state index in [1.54, 1.807) is 37.3 Å². The van der Waals surface area contributed by atoms with Crippen LogP contribution in [0, 0.1) is 11.8 Å². The second-order valence-electron chi connectivity index (χ2n) is 6.34. The average molecular weight is 379 g/mol. The number of aliphatic carboxylic acids is 2. The number of carbonyl (C=O) groups is 4. The number of rotatable bonds is 6. The number of likely N-dealkylation sites (tertiary alicyclic amines) is 1. The highest BCUT2D eigenvalue weighted by Gasteiger charge is 2.51. The van der Waals surface area contributed by atoms with Gasteiger partial charge in [0.05, 0.1) is 12.0 Å². The summed E-state index contributed by atoms with van der Waals surface area (Å²) >= 11 is 0.990. The summed E-state index contributed by atoms with van der Waals surface area (Å²) in [6, 6.07) is 6.53. The zero-order valence-electron chi connectivity index (χ0n) is 14.5. The van der Waals surface area contributed by atoms with Gasteiger partial charge in [0.25, 0.3) is 0 Å². The first-order valence-electron chi connectivity index (χ1n) is 8.20. The van der Waals surface area contributed by atoms with Crippen molar-refractivity contribution in [1.82, 2.24) is 4.90 Å². The fourth-order valence-corrected chi connectivity index (χ4v) is 3.86. The Labute approximate surface area is 155 Å². The first-order chi connectivity index (χ1) is 12.2. The van der Waals surface area contributed by atoms with Crippen LogP contribution in [0.15, 0.2) is 30.3 Å². The molecule has 0 bridgehead atoms.